The summed E-state index contributed by atoms with van der Waals surface area (Å²) in [5.41, 5.74) is 6.22. The average molecular weight is 427 g/mol. The van der Waals surface area contributed by atoms with Gasteiger partial charge in [-0.2, -0.15) is 31.3 Å². The number of aromatic nitrogens is 3. The molecule has 0 radical (unpaired) electrons. The first-order valence-electron chi connectivity index (χ1n) is 8.06. The van der Waals surface area contributed by atoms with Crippen molar-refractivity contribution < 1.29 is 40.8 Å². The lowest BCUT2D eigenvalue weighted by Gasteiger charge is -2.31. The van der Waals surface area contributed by atoms with Gasteiger partial charge in [0.15, 0.2) is 0 Å². The lowest BCUT2D eigenvalue weighted by atomic mass is 10.1. The fourth-order valence-electron chi connectivity index (χ4n) is 2.29. The average Bonchev–Trinajstić information content (AvgIpc) is 3.13. The predicted molar refractivity (Wildman–Crippen MR) is 85.6 cm³/mol. The molecule has 0 amide bonds. The minimum atomic E-state index is -5.08. The Morgan fingerprint density at radius 2 is 1.76 bits per heavy atom. The van der Waals surface area contributed by atoms with Gasteiger partial charge < -0.3 is 20.3 Å². The molecule has 0 spiro atoms. The molecule has 1 aliphatic rings. The van der Waals surface area contributed by atoms with Crippen LogP contribution in [0.5, 0.6) is 0 Å². The third-order valence-electron chi connectivity index (χ3n) is 3.78. The number of rotatable bonds is 2. The van der Waals surface area contributed by atoms with E-state index in [1.54, 1.807) is 12.1 Å². The Bertz CT molecular complexity index is 813. The van der Waals surface area contributed by atoms with Gasteiger partial charge in [-0.3, -0.25) is 0 Å². The van der Waals surface area contributed by atoms with Crippen molar-refractivity contribution >= 4 is 11.8 Å². The second kappa shape index (κ2) is 8.63. The van der Waals surface area contributed by atoms with E-state index in [0.717, 1.165) is 31.7 Å². The highest BCUT2D eigenvalue weighted by atomic mass is 19.4. The zero-order chi connectivity index (χ0) is 21.8. The summed E-state index contributed by atoms with van der Waals surface area (Å²) in [5, 5.41) is 10.5. The number of anilines is 1. The molecule has 1 aliphatic heterocycles. The van der Waals surface area contributed by atoms with E-state index < -0.39 is 24.2 Å². The number of carboxylic acids is 1. The number of aliphatic carboxylic acids is 1. The number of nitrogens with two attached hydrogens (primary N) is 1. The quantitative estimate of drug-likeness (QED) is 0.703. The standard InChI is InChI=1S/C13H14F3N5O.C2HF3O2/c14-13(15,16)12-19-11(20-22-12)8-1-2-10(18-7-8)21-5-3-9(17)4-6-21;3-2(4,5)1(6)7/h1-2,7,9H,3-6,17H2;(H,6,7). The molecule has 0 bridgehead atoms. The normalized spacial score (nSPS) is 15.6. The Balaban J connectivity index is 0.000000370. The number of pyridine rings is 1. The van der Waals surface area contributed by atoms with Crippen LogP contribution >= 0.6 is 0 Å². The molecule has 14 heteroatoms. The molecule has 0 aromatic carbocycles. The van der Waals surface area contributed by atoms with Gasteiger partial charge in [0, 0.05) is 30.9 Å². The van der Waals surface area contributed by atoms with Gasteiger partial charge in [0.1, 0.15) is 5.82 Å². The van der Waals surface area contributed by atoms with Gasteiger partial charge in [0.2, 0.25) is 5.82 Å². The monoisotopic (exact) mass is 427 g/mol. The molecule has 29 heavy (non-hydrogen) atoms. The molecule has 1 saturated heterocycles. The van der Waals surface area contributed by atoms with Crippen molar-refractivity contribution in [2.24, 2.45) is 5.73 Å². The van der Waals surface area contributed by atoms with E-state index in [1.165, 1.54) is 6.20 Å². The Labute approximate surface area is 159 Å². The van der Waals surface area contributed by atoms with Crippen molar-refractivity contribution in [3.63, 3.8) is 0 Å². The largest absolute Gasteiger partial charge is 0.490 e. The number of nitrogens with zero attached hydrogens (tertiary/aromatic N) is 4. The van der Waals surface area contributed by atoms with Crippen molar-refractivity contribution in [2.75, 3.05) is 18.0 Å². The Morgan fingerprint density at radius 1 is 1.17 bits per heavy atom. The van der Waals surface area contributed by atoms with Gasteiger partial charge in [-0.05, 0) is 25.0 Å². The number of hydrogen-bond acceptors (Lipinski definition) is 7. The zero-order valence-electron chi connectivity index (χ0n) is 14.5. The molecule has 0 aliphatic carbocycles. The maximum atomic E-state index is 12.4. The summed E-state index contributed by atoms with van der Waals surface area (Å²) in [6.45, 7) is 1.63. The summed E-state index contributed by atoms with van der Waals surface area (Å²) in [6, 6.07) is 3.58. The molecule has 2 aromatic rings. The topological polar surface area (TPSA) is 118 Å². The van der Waals surface area contributed by atoms with E-state index in [0.29, 0.717) is 5.56 Å². The molecule has 0 saturated carbocycles. The van der Waals surface area contributed by atoms with Crippen molar-refractivity contribution in [3.05, 3.63) is 24.2 Å². The van der Waals surface area contributed by atoms with Crippen LogP contribution in [0.1, 0.15) is 18.7 Å². The van der Waals surface area contributed by atoms with Gasteiger partial charge in [0.25, 0.3) is 0 Å². The van der Waals surface area contributed by atoms with Crippen molar-refractivity contribution in [2.45, 2.75) is 31.2 Å². The summed E-state index contributed by atoms with van der Waals surface area (Å²) in [7, 11) is 0. The van der Waals surface area contributed by atoms with E-state index in [2.05, 4.69) is 24.5 Å². The Kier molecular flexibility index (Phi) is 6.66. The van der Waals surface area contributed by atoms with Crippen LogP contribution in [-0.4, -0.2) is 51.5 Å². The van der Waals surface area contributed by atoms with Gasteiger partial charge in [-0.25, -0.2) is 9.78 Å². The third kappa shape index (κ3) is 6.30. The van der Waals surface area contributed by atoms with Crippen LogP contribution in [0.4, 0.5) is 32.2 Å². The van der Waals surface area contributed by atoms with Gasteiger partial charge in [0.05, 0.1) is 0 Å². The molecule has 0 atom stereocenters. The molecule has 8 nitrogen and oxygen atoms in total. The summed E-state index contributed by atoms with van der Waals surface area (Å²) in [4.78, 5) is 18.6. The van der Waals surface area contributed by atoms with E-state index in [-0.39, 0.29) is 11.9 Å². The highest BCUT2D eigenvalue weighted by molar-refractivity contribution is 5.73. The second-order valence-electron chi connectivity index (χ2n) is 5.95. The molecular formula is C15H15F6N5O3. The smallest absolute Gasteiger partial charge is 0.475 e. The number of hydrogen-bond donors (Lipinski definition) is 2. The molecule has 160 valence electrons. The Hall–Kier alpha value is -2.90. The number of alkyl halides is 6. The van der Waals surface area contributed by atoms with Crippen LogP contribution in [0.2, 0.25) is 0 Å². The van der Waals surface area contributed by atoms with Crippen LogP contribution in [0.25, 0.3) is 11.4 Å². The van der Waals surface area contributed by atoms with Crippen LogP contribution in [0.15, 0.2) is 22.9 Å². The summed E-state index contributed by atoms with van der Waals surface area (Å²) in [6.07, 6.45) is -6.51. The van der Waals surface area contributed by atoms with E-state index in [4.69, 9.17) is 15.6 Å². The van der Waals surface area contributed by atoms with Crippen LogP contribution in [0, 0.1) is 0 Å². The number of carbonyl (C=O) groups is 1. The summed E-state index contributed by atoms with van der Waals surface area (Å²) in [5.74, 6) is -3.49. The van der Waals surface area contributed by atoms with Gasteiger partial charge >= 0.3 is 24.2 Å². The van der Waals surface area contributed by atoms with E-state index in [9.17, 15) is 26.3 Å². The van der Waals surface area contributed by atoms with Crippen LogP contribution < -0.4 is 10.6 Å². The predicted octanol–water partition coefficient (Wildman–Crippen LogP) is 2.71. The maximum absolute atomic E-state index is 12.4. The first kappa shape index (κ1) is 22.4. The fourth-order valence-corrected chi connectivity index (χ4v) is 2.29. The molecule has 0 unspecified atom stereocenters. The molecule has 2 aromatic heterocycles. The first-order valence-corrected chi connectivity index (χ1v) is 8.06. The highest BCUT2D eigenvalue weighted by Crippen LogP contribution is 2.29. The van der Waals surface area contributed by atoms with E-state index >= 15 is 0 Å². The Morgan fingerprint density at radius 3 is 2.17 bits per heavy atom. The number of piperidine rings is 1. The minimum Gasteiger partial charge on any atom is -0.475 e. The SMILES string of the molecule is NC1CCN(c2ccc(-c3noc(C(F)(F)F)n3)cn2)CC1.O=C(O)C(F)(F)F. The molecule has 3 N–H and O–H groups in total. The second-order valence-corrected chi connectivity index (χ2v) is 5.95. The third-order valence-corrected chi connectivity index (χ3v) is 3.78. The van der Waals surface area contributed by atoms with E-state index in [1.807, 2.05) is 0 Å². The van der Waals surface area contributed by atoms with Crippen molar-refractivity contribution in [1.82, 2.24) is 15.1 Å². The molecule has 3 rings (SSSR count). The molecule has 1 fully saturated rings. The first-order chi connectivity index (χ1) is 13.4. The fraction of sp³-hybridized carbons (Fsp3) is 0.467. The lowest BCUT2D eigenvalue weighted by Crippen LogP contribution is -2.40. The number of halogens is 6. The van der Waals surface area contributed by atoms with Crippen LogP contribution in [0.3, 0.4) is 0 Å². The van der Waals surface area contributed by atoms with Crippen molar-refractivity contribution in [1.29, 1.82) is 0 Å². The van der Waals surface area contributed by atoms with Crippen molar-refractivity contribution in [3.8, 4) is 11.4 Å². The molecular weight excluding hydrogens is 412 g/mol. The summed E-state index contributed by atoms with van der Waals surface area (Å²) < 4.78 is 73.2. The van der Waals surface area contributed by atoms with Gasteiger partial charge in [-0.15, -0.1) is 0 Å². The van der Waals surface area contributed by atoms with Crippen LogP contribution in [-0.2, 0) is 11.0 Å². The summed E-state index contributed by atoms with van der Waals surface area (Å²) >= 11 is 0. The number of carboxylic acid groups (broad SMARTS) is 1. The zero-order valence-corrected chi connectivity index (χ0v) is 14.5. The van der Waals surface area contributed by atoms with Gasteiger partial charge in [-0.1, -0.05) is 5.16 Å². The molecule has 3 heterocycles. The lowest BCUT2D eigenvalue weighted by molar-refractivity contribution is -0.192. The minimum absolute atomic E-state index is 0.132. The maximum Gasteiger partial charge on any atom is 0.490 e. The highest BCUT2D eigenvalue weighted by Gasteiger charge is 2.39.